The van der Waals surface area contributed by atoms with Crippen molar-refractivity contribution in [3.63, 3.8) is 0 Å². The van der Waals surface area contributed by atoms with Crippen molar-refractivity contribution in [3.8, 4) is 33.2 Å². The number of benzene rings is 3. The number of rotatable bonds is 7. The summed E-state index contributed by atoms with van der Waals surface area (Å²) in [6.07, 6.45) is -0.166. The average molecular weight is 517 g/mol. The lowest BCUT2D eigenvalue weighted by atomic mass is 10.0. The molecule has 0 saturated heterocycles. The van der Waals surface area contributed by atoms with Gasteiger partial charge < -0.3 is 14.6 Å². The summed E-state index contributed by atoms with van der Waals surface area (Å²) >= 11 is 1.30. The van der Waals surface area contributed by atoms with Crippen molar-refractivity contribution in [1.82, 2.24) is 4.98 Å². The number of thiazole rings is 1. The first kappa shape index (κ1) is 23.9. The molecule has 0 unspecified atom stereocenters. The average Bonchev–Trinajstić information content (AvgIpc) is 3.37. The molecule has 5 rings (SSSR count). The van der Waals surface area contributed by atoms with E-state index in [1.54, 1.807) is 26.4 Å². The van der Waals surface area contributed by atoms with E-state index in [9.17, 15) is 20.0 Å². The minimum atomic E-state index is -1.25. The number of aliphatic carboxylic acids is 1. The number of fused-ring (bicyclic) bond motifs is 1. The van der Waals surface area contributed by atoms with Gasteiger partial charge in [0, 0.05) is 18.1 Å². The molecule has 4 aromatic rings. The largest absolute Gasteiger partial charge is 0.497 e. The number of hydrazone groups is 1. The van der Waals surface area contributed by atoms with Gasteiger partial charge in [0.2, 0.25) is 5.13 Å². The van der Waals surface area contributed by atoms with Gasteiger partial charge in [0.05, 0.1) is 41.0 Å². The Balaban J connectivity index is 1.71. The molecule has 3 aromatic carbocycles. The van der Waals surface area contributed by atoms with Crippen molar-refractivity contribution in [2.75, 3.05) is 19.2 Å². The molecule has 186 valence electrons. The maximum absolute atomic E-state index is 11.9. The third-order valence-electron chi connectivity index (χ3n) is 5.88. The first-order valence-corrected chi connectivity index (χ1v) is 11.9. The normalized spacial score (nSPS) is 12.5. The smallest absolute Gasteiger partial charge is 0.352 e. The predicted molar refractivity (Wildman–Crippen MR) is 140 cm³/mol. The fourth-order valence-electron chi connectivity index (χ4n) is 4.04. The van der Waals surface area contributed by atoms with Gasteiger partial charge >= 0.3 is 5.97 Å². The second kappa shape index (κ2) is 9.70. The van der Waals surface area contributed by atoms with Gasteiger partial charge in [-0.15, -0.1) is 0 Å². The molecule has 0 fully saturated rings. The number of methoxy groups -OCH3 is 2. The monoisotopic (exact) mass is 516 g/mol. The molecule has 1 aliphatic rings. The molecule has 1 N–H and O–H groups in total. The zero-order chi connectivity index (χ0) is 26.1. The van der Waals surface area contributed by atoms with E-state index in [1.807, 2.05) is 48.5 Å². The van der Waals surface area contributed by atoms with Crippen molar-refractivity contribution >= 4 is 39.5 Å². The predicted octanol–water partition coefficient (Wildman–Crippen LogP) is 5.54. The van der Waals surface area contributed by atoms with Gasteiger partial charge in [0.15, 0.2) is 5.71 Å². The Morgan fingerprint density at radius 2 is 1.62 bits per heavy atom. The number of hydrogen-bond donors (Lipinski definition) is 1. The first-order chi connectivity index (χ1) is 17.9. The fourth-order valence-corrected chi connectivity index (χ4v) is 5.10. The van der Waals surface area contributed by atoms with E-state index in [1.165, 1.54) is 22.4 Å². The Morgan fingerprint density at radius 1 is 1.00 bits per heavy atom. The molecule has 1 aromatic heterocycles. The lowest BCUT2D eigenvalue weighted by Crippen LogP contribution is -2.27. The highest BCUT2D eigenvalue weighted by molar-refractivity contribution is 7.19. The molecule has 10 nitrogen and oxygen atoms in total. The number of hydrogen-bond acceptors (Lipinski definition) is 9. The Labute approximate surface area is 215 Å². The van der Waals surface area contributed by atoms with Gasteiger partial charge in [0.1, 0.15) is 11.5 Å². The van der Waals surface area contributed by atoms with Gasteiger partial charge in [0.25, 0.3) is 5.69 Å². The van der Waals surface area contributed by atoms with Crippen molar-refractivity contribution in [2.24, 2.45) is 5.10 Å². The fraction of sp³-hybridized carbons (Fsp3) is 0.115. The molecule has 0 aliphatic carbocycles. The Kier molecular flexibility index (Phi) is 6.28. The van der Waals surface area contributed by atoms with Crippen molar-refractivity contribution < 1.29 is 24.3 Å². The first-order valence-electron chi connectivity index (χ1n) is 11.1. The van der Waals surface area contributed by atoms with Crippen LogP contribution >= 0.6 is 11.3 Å². The standard InChI is InChI=1S/C26H20N4O6S/c1-35-17-10-6-15(7-11-17)23-24(16-8-12-18(36-2)13-9-16)37-26(27-23)29-21-4-3-5-22(30(33)34)19(21)14-20(28-29)25(31)32/h3-13H,14H2,1-2H3,(H,31,32). The summed E-state index contributed by atoms with van der Waals surface area (Å²) in [4.78, 5) is 28.7. The van der Waals surface area contributed by atoms with Gasteiger partial charge in [-0.1, -0.05) is 17.4 Å². The van der Waals surface area contributed by atoms with Crippen LogP contribution in [0.15, 0.2) is 71.8 Å². The summed E-state index contributed by atoms with van der Waals surface area (Å²) in [7, 11) is 3.18. The molecule has 1 aliphatic heterocycles. The van der Waals surface area contributed by atoms with Crippen LogP contribution in [-0.4, -0.2) is 40.9 Å². The van der Waals surface area contributed by atoms with Gasteiger partial charge in [-0.25, -0.2) is 14.8 Å². The van der Waals surface area contributed by atoms with Crippen LogP contribution in [0.1, 0.15) is 5.56 Å². The molecule has 0 atom stereocenters. The number of ether oxygens (including phenoxy) is 2. The van der Waals surface area contributed by atoms with Gasteiger partial charge in [-0.3, -0.25) is 10.1 Å². The van der Waals surface area contributed by atoms with E-state index in [2.05, 4.69) is 5.10 Å². The molecule has 2 heterocycles. The number of nitro benzene ring substituents is 1. The molecule has 37 heavy (non-hydrogen) atoms. The number of anilines is 2. The summed E-state index contributed by atoms with van der Waals surface area (Å²) in [6.45, 7) is 0. The van der Waals surface area contributed by atoms with Gasteiger partial charge in [-0.2, -0.15) is 5.10 Å². The van der Waals surface area contributed by atoms with E-state index >= 15 is 0 Å². The Morgan fingerprint density at radius 3 is 2.19 bits per heavy atom. The van der Waals surface area contributed by atoms with Crippen LogP contribution in [0.25, 0.3) is 21.7 Å². The number of nitro groups is 1. The summed E-state index contributed by atoms with van der Waals surface area (Å²) < 4.78 is 10.6. The summed E-state index contributed by atoms with van der Waals surface area (Å²) in [5.41, 5.74) is 2.63. The molecular weight excluding hydrogens is 496 g/mol. The van der Waals surface area contributed by atoms with Crippen LogP contribution in [0.3, 0.4) is 0 Å². The van der Waals surface area contributed by atoms with E-state index in [4.69, 9.17) is 14.5 Å². The Bertz CT molecular complexity index is 1460. The van der Waals surface area contributed by atoms with Crippen molar-refractivity contribution in [2.45, 2.75) is 6.42 Å². The number of carboxylic acids is 1. The Hall–Kier alpha value is -4.77. The number of aromatic nitrogens is 1. The van der Waals surface area contributed by atoms with Crippen molar-refractivity contribution in [3.05, 3.63) is 82.4 Å². The van der Waals surface area contributed by atoms with Crippen molar-refractivity contribution in [1.29, 1.82) is 0 Å². The summed E-state index contributed by atoms with van der Waals surface area (Å²) in [5, 5.41) is 27.5. The zero-order valence-electron chi connectivity index (χ0n) is 19.7. The number of nitrogens with zero attached hydrogens (tertiary/aromatic N) is 4. The molecule has 11 heteroatoms. The van der Waals surface area contributed by atoms with E-state index < -0.39 is 10.9 Å². The minimum absolute atomic E-state index is 0.166. The third-order valence-corrected chi connectivity index (χ3v) is 6.96. The number of carbonyl (C=O) groups is 1. The van der Waals surface area contributed by atoms with Gasteiger partial charge in [-0.05, 0) is 60.2 Å². The second-order valence-electron chi connectivity index (χ2n) is 8.00. The zero-order valence-corrected chi connectivity index (χ0v) is 20.6. The SMILES string of the molecule is COc1ccc(-c2nc(N3N=C(C(=O)O)Cc4c3cccc4[N+](=O)[O-])sc2-c2ccc(OC)cc2)cc1. The highest BCUT2D eigenvalue weighted by Gasteiger charge is 2.32. The molecular formula is C26H20N4O6S. The summed E-state index contributed by atoms with van der Waals surface area (Å²) in [6, 6.07) is 19.5. The van der Waals surface area contributed by atoms with Crippen LogP contribution < -0.4 is 14.5 Å². The lowest BCUT2D eigenvalue weighted by Gasteiger charge is -2.24. The molecule has 0 radical (unpaired) electrons. The molecule has 0 bridgehead atoms. The molecule has 0 spiro atoms. The van der Waals surface area contributed by atoms with Crippen LogP contribution in [0.2, 0.25) is 0 Å². The summed E-state index contributed by atoms with van der Waals surface area (Å²) in [5.74, 6) is 0.140. The van der Waals surface area contributed by atoms with Crippen LogP contribution in [0.5, 0.6) is 11.5 Å². The second-order valence-corrected chi connectivity index (χ2v) is 8.98. The molecule has 0 amide bonds. The van der Waals surface area contributed by atoms with Crippen LogP contribution in [0, 0.1) is 10.1 Å². The third kappa shape index (κ3) is 4.47. The maximum atomic E-state index is 11.9. The highest BCUT2D eigenvalue weighted by atomic mass is 32.1. The minimum Gasteiger partial charge on any atom is -0.497 e. The quantitative estimate of drug-likeness (QED) is 0.251. The van der Waals surface area contributed by atoms with Crippen LogP contribution in [0.4, 0.5) is 16.5 Å². The number of carboxylic acid groups (broad SMARTS) is 1. The molecule has 0 saturated carbocycles. The lowest BCUT2D eigenvalue weighted by molar-refractivity contribution is -0.385. The van der Waals surface area contributed by atoms with E-state index in [0.717, 1.165) is 16.0 Å². The highest BCUT2D eigenvalue weighted by Crippen LogP contribution is 2.45. The van der Waals surface area contributed by atoms with E-state index in [0.29, 0.717) is 28.0 Å². The van der Waals surface area contributed by atoms with E-state index in [-0.39, 0.29) is 23.4 Å². The topological polar surface area (TPSA) is 127 Å². The van der Waals surface area contributed by atoms with Crippen LogP contribution in [-0.2, 0) is 11.2 Å². The maximum Gasteiger partial charge on any atom is 0.352 e.